The number of ether oxygens (including phenoxy) is 1. The molecule has 0 radical (unpaired) electrons. The minimum Gasteiger partial charge on any atom is -0.378 e. The Kier molecular flexibility index (Phi) is 4.35. The van der Waals surface area contributed by atoms with Gasteiger partial charge in [-0.25, -0.2) is 19.3 Å². The maximum Gasteiger partial charge on any atom is 0.225 e. The Hall–Kier alpha value is -3.13. The zero-order valence-corrected chi connectivity index (χ0v) is 16.1. The average molecular weight is 392 g/mol. The Labute approximate surface area is 167 Å². The van der Waals surface area contributed by atoms with Crippen molar-refractivity contribution >= 4 is 22.7 Å². The van der Waals surface area contributed by atoms with E-state index in [0.29, 0.717) is 31.4 Å². The van der Waals surface area contributed by atoms with Gasteiger partial charge in [-0.2, -0.15) is 0 Å². The van der Waals surface area contributed by atoms with Crippen molar-refractivity contribution in [3.63, 3.8) is 0 Å². The highest BCUT2D eigenvalue weighted by molar-refractivity contribution is 5.86. The van der Waals surface area contributed by atoms with Gasteiger partial charge < -0.3 is 9.64 Å². The first kappa shape index (κ1) is 17.9. The topological polar surface area (TPSA) is 69.0 Å². The first-order valence-corrected chi connectivity index (χ1v) is 9.67. The lowest BCUT2D eigenvalue weighted by Crippen LogP contribution is -2.37. The molecule has 4 heterocycles. The summed E-state index contributed by atoms with van der Waals surface area (Å²) in [5.74, 6) is 1.39. The van der Waals surface area contributed by atoms with E-state index in [2.05, 4.69) is 19.9 Å². The number of pyridine rings is 1. The Morgan fingerprint density at radius 1 is 1.14 bits per heavy atom. The van der Waals surface area contributed by atoms with Gasteiger partial charge in [0.15, 0.2) is 0 Å². The van der Waals surface area contributed by atoms with Gasteiger partial charge in [-0.15, -0.1) is 0 Å². The molecular formula is C21H21FN6O. The smallest absolute Gasteiger partial charge is 0.225 e. The Morgan fingerprint density at radius 2 is 1.93 bits per heavy atom. The number of aromatic nitrogens is 5. The minimum absolute atomic E-state index is 0.310. The quantitative estimate of drug-likeness (QED) is 0.682. The van der Waals surface area contributed by atoms with Crippen molar-refractivity contribution in [3.8, 4) is 11.4 Å². The zero-order valence-electron chi connectivity index (χ0n) is 16.1. The second kappa shape index (κ2) is 7.04. The first-order valence-electron chi connectivity index (χ1n) is 9.67. The minimum atomic E-state index is -1.33. The Balaban J connectivity index is 1.57. The average Bonchev–Trinajstić information content (AvgIpc) is 3.14. The molecule has 1 unspecified atom stereocenters. The van der Waals surface area contributed by atoms with Gasteiger partial charge in [0, 0.05) is 43.8 Å². The number of allylic oxidation sites excluding steroid dienone is 4. The number of halogens is 1. The number of hydrogen-bond donors (Lipinski definition) is 0. The lowest BCUT2D eigenvalue weighted by molar-refractivity contribution is 0.122. The summed E-state index contributed by atoms with van der Waals surface area (Å²) in [6.45, 7) is 4.50. The Morgan fingerprint density at radius 3 is 2.66 bits per heavy atom. The predicted octanol–water partition coefficient (Wildman–Crippen LogP) is 3.25. The number of anilines is 1. The van der Waals surface area contributed by atoms with Crippen LogP contribution in [0.3, 0.4) is 0 Å². The molecule has 148 valence electrons. The number of alkyl halides is 1. The van der Waals surface area contributed by atoms with Crippen molar-refractivity contribution in [3.05, 3.63) is 49.1 Å². The summed E-state index contributed by atoms with van der Waals surface area (Å²) >= 11 is 0. The van der Waals surface area contributed by atoms with Crippen molar-refractivity contribution in [2.24, 2.45) is 0 Å². The third kappa shape index (κ3) is 3.40. The van der Waals surface area contributed by atoms with E-state index >= 15 is 0 Å². The molecule has 0 aromatic carbocycles. The predicted molar refractivity (Wildman–Crippen MR) is 109 cm³/mol. The van der Waals surface area contributed by atoms with E-state index in [-0.39, 0.29) is 0 Å². The van der Waals surface area contributed by atoms with Crippen LogP contribution in [0.25, 0.3) is 28.1 Å². The molecule has 8 heteroatoms. The number of morpholine rings is 1. The van der Waals surface area contributed by atoms with Crippen molar-refractivity contribution in [1.29, 1.82) is 0 Å². The number of nitrogens with zero attached hydrogens (tertiary/aromatic N) is 6. The fraction of sp³-hybridized carbons (Fsp3) is 0.333. The van der Waals surface area contributed by atoms with Gasteiger partial charge in [-0.1, -0.05) is 6.08 Å². The summed E-state index contributed by atoms with van der Waals surface area (Å²) in [6, 6.07) is 1.87. The van der Waals surface area contributed by atoms with Crippen LogP contribution in [-0.2, 0) is 4.74 Å². The van der Waals surface area contributed by atoms with Gasteiger partial charge in [-0.05, 0) is 25.1 Å². The lowest BCUT2D eigenvalue weighted by atomic mass is 9.98. The monoisotopic (exact) mass is 392 g/mol. The summed E-state index contributed by atoms with van der Waals surface area (Å²) in [5, 5.41) is 0. The highest BCUT2D eigenvalue weighted by atomic mass is 19.1. The summed E-state index contributed by atoms with van der Waals surface area (Å²) in [4.78, 5) is 20.2. The summed E-state index contributed by atoms with van der Waals surface area (Å²) in [5.41, 5.74) is 2.00. The van der Waals surface area contributed by atoms with Gasteiger partial charge in [0.1, 0.15) is 11.5 Å². The summed E-state index contributed by atoms with van der Waals surface area (Å²) in [6.07, 6.45) is 12.6. The summed E-state index contributed by atoms with van der Waals surface area (Å²) < 4.78 is 21.6. The van der Waals surface area contributed by atoms with E-state index < -0.39 is 5.67 Å². The highest BCUT2D eigenvalue weighted by Gasteiger charge is 2.24. The van der Waals surface area contributed by atoms with Crippen LogP contribution in [0.5, 0.6) is 0 Å². The lowest BCUT2D eigenvalue weighted by Gasteiger charge is -2.26. The molecule has 1 atom stereocenters. The molecule has 0 amide bonds. The normalized spacial score (nSPS) is 22.1. The van der Waals surface area contributed by atoms with E-state index in [1.807, 2.05) is 16.7 Å². The molecule has 1 saturated heterocycles. The molecule has 1 aliphatic heterocycles. The molecule has 0 N–H and O–H groups in total. The van der Waals surface area contributed by atoms with E-state index in [1.54, 1.807) is 43.9 Å². The van der Waals surface area contributed by atoms with E-state index in [0.717, 1.165) is 35.4 Å². The van der Waals surface area contributed by atoms with Crippen molar-refractivity contribution in [1.82, 2.24) is 24.5 Å². The number of hydrogen-bond acceptors (Lipinski definition) is 6. The molecule has 0 spiro atoms. The highest BCUT2D eigenvalue weighted by Crippen LogP contribution is 2.32. The van der Waals surface area contributed by atoms with Crippen LogP contribution in [-0.4, -0.2) is 56.5 Å². The molecule has 3 aromatic rings. The SMILES string of the molecule is CC1(F)C=CC(n2c(-c3cnc(N4CCOCC4)nc3)nc3ccncc32)=CC1. The Bertz CT molecular complexity index is 1100. The molecule has 29 heavy (non-hydrogen) atoms. The van der Waals surface area contributed by atoms with Crippen molar-refractivity contribution < 1.29 is 9.13 Å². The summed E-state index contributed by atoms with van der Waals surface area (Å²) in [7, 11) is 0. The second-order valence-corrected chi connectivity index (χ2v) is 7.45. The van der Waals surface area contributed by atoms with Crippen LogP contribution in [0.4, 0.5) is 10.3 Å². The van der Waals surface area contributed by atoms with Gasteiger partial charge in [0.05, 0.1) is 36.0 Å². The molecule has 1 fully saturated rings. The molecule has 2 aliphatic rings. The molecule has 3 aromatic heterocycles. The van der Waals surface area contributed by atoms with Crippen LogP contribution in [0.15, 0.2) is 49.1 Å². The molecule has 0 bridgehead atoms. The van der Waals surface area contributed by atoms with Crippen LogP contribution in [0, 0.1) is 0 Å². The molecule has 7 nitrogen and oxygen atoms in total. The maximum atomic E-state index is 14.2. The van der Waals surface area contributed by atoms with Crippen molar-refractivity contribution in [2.45, 2.75) is 19.0 Å². The molecule has 5 rings (SSSR count). The van der Waals surface area contributed by atoms with E-state index in [4.69, 9.17) is 9.72 Å². The van der Waals surface area contributed by atoms with E-state index in [9.17, 15) is 4.39 Å². The van der Waals surface area contributed by atoms with Crippen LogP contribution in [0.1, 0.15) is 13.3 Å². The fourth-order valence-corrected chi connectivity index (χ4v) is 3.61. The largest absolute Gasteiger partial charge is 0.378 e. The van der Waals surface area contributed by atoms with Gasteiger partial charge in [0.25, 0.3) is 0 Å². The molecule has 0 saturated carbocycles. The third-order valence-corrected chi connectivity index (χ3v) is 5.22. The van der Waals surface area contributed by atoms with Gasteiger partial charge in [0.2, 0.25) is 5.95 Å². The second-order valence-electron chi connectivity index (χ2n) is 7.45. The van der Waals surface area contributed by atoms with Crippen LogP contribution < -0.4 is 4.90 Å². The molecule has 1 aliphatic carbocycles. The van der Waals surface area contributed by atoms with Crippen molar-refractivity contribution in [2.75, 3.05) is 31.2 Å². The van der Waals surface area contributed by atoms with Gasteiger partial charge in [-0.3, -0.25) is 9.55 Å². The molecular weight excluding hydrogens is 371 g/mol. The zero-order chi connectivity index (χ0) is 19.8. The maximum absolute atomic E-state index is 14.2. The van der Waals surface area contributed by atoms with Gasteiger partial charge >= 0.3 is 0 Å². The number of imidazole rings is 1. The number of fused-ring (bicyclic) bond motifs is 1. The first-order chi connectivity index (χ1) is 14.1. The van der Waals surface area contributed by atoms with E-state index in [1.165, 1.54) is 0 Å². The standard InChI is InChI=1S/C21H21FN6O/c1-21(22)5-2-16(3-6-21)28-18-14-23-7-4-17(18)26-19(28)15-12-24-20(25-13-15)27-8-10-29-11-9-27/h2-5,7,12-14H,6,8-11H2,1H3. The van der Waals surface area contributed by atoms with Crippen LogP contribution in [0.2, 0.25) is 0 Å². The fourth-order valence-electron chi connectivity index (χ4n) is 3.61. The number of rotatable bonds is 3. The third-order valence-electron chi connectivity index (χ3n) is 5.22. The van der Waals surface area contributed by atoms with Crippen LogP contribution >= 0.6 is 0 Å².